The van der Waals surface area contributed by atoms with Crippen LogP contribution >= 0.6 is 11.6 Å². The molecule has 0 aliphatic heterocycles. The molecule has 0 aliphatic rings. The zero-order valence-electron chi connectivity index (χ0n) is 14.9. The Morgan fingerprint density at radius 1 is 1.32 bits per heavy atom. The van der Waals surface area contributed by atoms with Gasteiger partial charge < -0.3 is 10.1 Å². The summed E-state index contributed by atoms with van der Waals surface area (Å²) in [6.45, 7) is 4.74. The monoisotopic (exact) mass is 366 g/mol. The SMILES string of the molecule is CCC(C)(COc1ncccc1Cl)NCc1cc(=O)n(C)c(=O)n1C. The van der Waals surface area contributed by atoms with Gasteiger partial charge >= 0.3 is 5.69 Å². The van der Waals surface area contributed by atoms with Crippen LogP contribution in [0.15, 0.2) is 34.0 Å². The van der Waals surface area contributed by atoms with Crippen molar-refractivity contribution in [2.45, 2.75) is 32.4 Å². The summed E-state index contributed by atoms with van der Waals surface area (Å²) in [5, 5.41) is 3.82. The number of nitrogens with one attached hydrogen (secondary N) is 1. The van der Waals surface area contributed by atoms with Gasteiger partial charge in [0, 0.05) is 44.1 Å². The van der Waals surface area contributed by atoms with Crippen molar-refractivity contribution in [3.63, 3.8) is 0 Å². The Morgan fingerprint density at radius 3 is 2.68 bits per heavy atom. The average molecular weight is 367 g/mol. The van der Waals surface area contributed by atoms with Crippen molar-refractivity contribution in [2.75, 3.05) is 6.61 Å². The zero-order chi connectivity index (χ0) is 18.6. The third kappa shape index (κ3) is 4.49. The lowest BCUT2D eigenvalue weighted by Gasteiger charge is -2.30. The summed E-state index contributed by atoms with van der Waals surface area (Å²) in [5.74, 6) is 0.381. The Morgan fingerprint density at radius 2 is 2.04 bits per heavy atom. The third-order valence-corrected chi connectivity index (χ3v) is 4.64. The molecule has 0 saturated heterocycles. The van der Waals surface area contributed by atoms with Crippen LogP contribution in [0.4, 0.5) is 0 Å². The summed E-state index contributed by atoms with van der Waals surface area (Å²) >= 11 is 6.06. The molecule has 2 rings (SSSR count). The van der Waals surface area contributed by atoms with Crippen LogP contribution in [0.3, 0.4) is 0 Å². The molecule has 0 amide bonds. The molecule has 2 aromatic heterocycles. The quantitative estimate of drug-likeness (QED) is 0.802. The van der Waals surface area contributed by atoms with Gasteiger partial charge in [-0.2, -0.15) is 0 Å². The molecule has 1 atom stereocenters. The van der Waals surface area contributed by atoms with Gasteiger partial charge in [-0.25, -0.2) is 9.78 Å². The summed E-state index contributed by atoms with van der Waals surface area (Å²) in [7, 11) is 3.11. The molecule has 0 aromatic carbocycles. The Bertz CT molecular complexity index is 862. The standard InChI is InChI=1S/C17H23ClN4O3/c1-5-17(2,11-25-15-13(18)7-6-8-19-15)20-10-12-9-14(23)22(4)16(24)21(12)3/h6-9,20H,5,10-11H2,1-4H3. The van der Waals surface area contributed by atoms with E-state index in [0.717, 1.165) is 11.0 Å². The molecule has 0 fully saturated rings. The number of ether oxygens (including phenoxy) is 1. The minimum absolute atomic E-state index is 0.324. The van der Waals surface area contributed by atoms with Crippen LogP contribution in [0, 0.1) is 0 Å². The van der Waals surface area contributed by atoms with Gasteiger partial charge in [0.1, 0.15) is 11.6 Å². The van der Waals surface area contributed by atoms with Gasteiger partial charge in [0.2, 0.25) is 5.88 Å². The molecule has 8 heteroatoms. The lowest BCUT2D eigenvalue weighted by atomic mass is 10.00. The molecule has 2 aromatic rings. The van der Waals surface area contributed by atoms with E-state index in [1.807, 2.05) is 13.8 Å². The summed E-state index contributed by atoms with van der Waals surface area (Å²) in [4.78, 5) is 27.9. The van der Waals surface area contributed by atoms with Crippen LogP contribution in [0.2, 0.25) is 5.02 Å². The van der Waals surface area contributed by atoms with E-state index in [4.69, 9.17) is 16.3 Å². The molecular weight excluding hydrogens is 344 g/mol. The van der Waals surface area contributed by atoms with Crippen molar-refractivity contribution in [1.82, 2.24) is 19.4 Å². The zero-order valence-corrected chi connectivity index (χ0v) is 15.6. The first kappa shape index (κ1) is 19.2. The van der Waals surface area contributed by atoms with E-state index in [2.05, 4.69) is 10.3 Å². The lowest BCUT2D eigenvalue weighted by Crippen LogP contribution is -2.48. The van der Waals surface area contributed by atoms with Crippen LogP contribution in [0.25, 0.3) is 0 Å². The fraction of sp³-hybridized carbons (Fsp3) is 0.471. The van der Waals surface area contributed by atoms with Crippen LogP contribution in [-0.4, -0.2) is 26.3 Å². The topological polar surface area (TPSA) is 78.2 Å². The van der Waals surface area contributed by atoms with Crippen molar-refractivity contribution in [3.05, 3.63) is 56.0 Å². The van der Waals surface area contributed by atoms with E-state index in [9.17, 15) is 9.59 Å². The molecule has 2 heterocycles. The van der Waals surface area contributed by atoms with Gasteiger partial charge in [0.25, 0.3) is 5.56 Å². The molecular formula is C17H23ClN4O3. The molecule has 0 saturated carbocycles. The molecule has 0 radical (unpaired) electrons. The molecule has 1 N–H and O–H groups in total. The molecule has 1 unspecified atom stereocenters. The van der Waals surface area contributed by atoms with E-state index in [1.165, 1.54) is 17.7 Å². The van der Waals surface area contributed by atoms with E-state index in [1.54, 1.807) is 25.4 Å². The number of nitrogens with zero attached hydrogens (tertiary/aromatic N) is 3. The summed E-state index contributed by atoms with van der Waals surface area (Å²) < 4.78 is 8.28. The van der Waals surface area contributed by atoms with Crippen LogP contribution in [-0.2, 0) is 20.6 Å². The van der Waals surface area contributed by atoms with E-state index in [0.29, 0.717) is 29.7 Å². The van der Waals surface area contributed by atoms with Crippen molar-refractivity contribution in [3.8, 4) is 5.88 Å². The van der Waals surface area contributed by atoms with Gasteiger partial charge in [-0.1, -0.05) is 18.5 Å². The molecule has 0 aliphatic carbocycles. The van der Waals surface area contributed by atoms with Gasteiger partial charge in [-0.15, -0.1) is 0 Å². The second-order valence-corrected chi connectivity index (χ2v) is 6.63. The average Bonchev–Trinajstić information content (AvgIpc) is 2.61. The molecule has 0 bridgehead atoms. The molecule has 25 heavy (non-hydrogen) atoms. The first-order chi connectivity index (χ1) is 11.8. The summed E-state index contributed by atoms with van der Waals surface area (Å²) in [6.07, 6.45) is 2.39. The summed E-state index contributed by atoms with van der Waals surface area (Å²) in [5.41, 5.74) is -0.435. The highest BCUT2D eigenvalue weighted by Gasteiger charge is 2.24. The number of aromatic nitrogens is 3. The normalized spacial score (nSPS) is 13.5. The maximum Gasteiger partial charge on any atom is 0.330 e. The second-order valence-electron chi connectivity index (χ2n) is 6.22. The highest BCUT2D eigenvalue weighted by molar-refractivity contribution is 6.31. The van der Waals surface area contributed by atoms with Gasteiger partial charge in [-0.05, 0) is 25.5 Å². The van der Waals surface area contributed by atoms with Crippen LogP contribution in [0.1, 0.15) is 26.0 Å². The number of pyridine rings is 1. The van der Waals surface area contributed by atoms with Gasteiger partial charge in [0.05, 0.1) is 0 Å². The van der Waals surface area contributed by atoms with E-state index >= 15 is 0 Å². The maximum atomic E-state index is 12.0. The maximum absolute atomic E-state index is 12.0. The van der Waals surface area contributed by atoms with Crippen LogP contribution < -0.4 is 21.3 Å². The highest BCUT2D eigenvalue weighted by atomic mass is 35.5. The Hall–Kier alpha value is -2.12. The third-order valence-electron chi connectivity index (χ3n) is 4.35. The smallest absolute Gasteiger partial charge is 0.330 e. The largest absolute Gasteiger partial charge is 0.475 e. The Labute approximate surface area is 151 Å². The predicted molar refractivity (Wildman–Crippen MR) is 97.2 cm³/mol. The fourth-order valence-corrected chi connectivity index (χ4v) is 2.41. The van der Waals surface area contributed by atoms with E-state index in [-0.39, 0.29) is 16.8 Å². The molecule has 0 spiro atoms. The van der Waals surface area contributed by atoms with Crippen molar-refractivity contribution < 1.29 is 4.74 Å². The first-order valence-corrected chi connectivity index (χ1v) is 8.39. The van der Waals surface area contributed by atoms with Crippen molar-refractivity contribution in [2.24, 2.45) is 14.1 Å². The van der Waals surface area contributed by atoms with Gasteiger partial charge in [0.15, 0.2) is 0 Å². The summed E-state index contributed by atoms with van der Waals surface area (Å²) in [6, 6.07) is 4.92. The van der Waals surface area contributed by atoms with Gasteiger partial charge in [-0.3, -0.25) is 13.9 Å². The Balaban J connectivity index is 2.10. The van der Waals surface area contributed by atoms with Crippen molar-refractivity contribution in [1.29, 1.82) is 0 Å². The minimum Gasteiger partial charge on any atom is -0.475 e. The second kappa shape index (κ2) is 7.84. The van der Waals surface area contributed by atoms with Crippen molar-refractivity contribution >= 4 is 11.6 Å². The highest BCUT2D eigenvalue weighted by Crippen LogP contribution is 2.22. The van der Waals surface area contributed by atoms with E-state index < -0.39 is 0 Å². The van der Waals surface area contributed by atoms with Crippen LogP contribution in [0.5, 0.6) is 5.88 Å². The first-order valence-electron chi connectivity index (χ1n) is 8.01. The predicted octanol–water partition coefficient (Wildman–Crippen LogP) is 1.47. The molecule has 7 nitrogen and oxygen atoms in total. The number of hydrogen-bond donors (Lipinski definition) is 1. The molecule has 136 valence electrons. The number of rotatable bonds is 7. The number of halogens is 1. The Kier molecular flexibility index (Phi) is 6.02. The fourth-order valence-electron chi connectivity index (χ4n) is 2.24. The minimum atomic E-state index is -0.377. The lowest BCUT2D eigenvalue weighted by molar-refractivity contribution is 0.181. The number of hydrogen-bond acceptors (Lipinski definition) is 5.